The molecule has 3 fully saturated rings. The molecular formula is C57H73F2N11O6. The Hall–Kier alpha value is -7.02. The SMILES string of the molecule is CCCC(C(=O)NC=O)N1C(=O)c2cccc(NCC(C)(C)CC(C)(C)C(=O)NCc3cccc(CNc4cc(N5CCC6(CC5)CN(c5cc(F)c(CN7CCC(C)(C)CC7)cc5F)CC(=O)N6)ncn4)c3)c2C1=O. The number of hydrogen-bond acceptors (Lipinski definition) is 13. The highest BCUT2D eigenvalue weighted by atomic mass is 19.1. The Morgan fingerprint density at radius 3 is 2.26 bits per heavy atom. The van der Waals surface area contributed by atoms with Crippen LogP contribution in [-0.2, 0) is 38.8 Å². The van der Waals surface area contributed by atoms with Crippen LogP contribution in [0.15, 0.2) is 67.0 Å². The quantitative estimate of drug-likeness (QED) is 0.0441. The molecule has 8 rings (SSSR count). The van der Waals surface area contributed by atoms with E-state index in [0.717, 1.165) is 47.8 Å². The van der Waals surface area contributed by atoms with Gasteiger partial charge in [0.15, 0.2) is 0 Å². The highest BCUT2D eigenvalue weighted by Crippen LogP contribution is 2.38. The summed E-state index contributed by atoms with van der Waals surface area (Å²) in [5.74, 6) is -1.89. The molecule has 1 atom stereocenters. The molecule has 0 saturated carbocycles. The van der Waals surface area contributed by atoms with Crippen molar-refractivity contribution in [2.75, 3.05) is 66.2 Å². The molecule has 76 heavy (non-hydrogen) atoms. The van der Waals surface area contributed by atoms with Gasteiger partial charge < -0.3 is 31.1 Å². The van der Waals surface area contributed by atoms with Crippen molar-refractivity contribution in [1.82, 2.24) is 35.7 Å². The van der Waals surface area contributed by atoms with E-state index in [4.69, 9.17) is 0 Å². The summed E-state index contributed by atoms with van der Waals surface area (Å²) < 4.78 is 31.3. The number of likely N-dealkylation sites (tertiary alicyclic amines) is 1. The molecule has 6 amide bonds. The summed E-state index contributed by atoms with van der Waals surface area (Å²) in [6.45, 7) is 18.8. The van der Waals surface area contributed by atoms with Gasteiger partial charge in [-0.05, 0) is 91.8 Å². The zero-order chi connectivity index (χ0) is 54.6. The van der Waals surface area contributed by atoms with E-state index in [2.05, 4.69) is 60.2 Å². The number of piperidine rings is 2. The first-order chi connectivity index (χ1) is 36.1. The van der Waals surface area contributed by atoms with Crippen LogP contribution in [0.4, 0.5) is 31.8 Å². The van der Waals surface area contributed by atoms with Crippen LogP contribution in [0.3, 0.4) is 0 Å². The largest absolute Gasteiger partial charge is 0.384 e. The van der Waals surface area contributed by atoms with Gasteiger partial charge in [-0.2, -0.15) is 0 Å². The first kappa shape index (κ1) is 55.2. The highest BCUT2D eigenvalue weighted by molar-refractivity contribution is 6.25. The Morgan fingerprint density at radius 1 is 0.842 bits per heavy atom. The summed E-state index contributed by atoms with van der Waals surface area (Å²) >= 11 is 0. The summed E-state index contributed by atoms with van der Waals surface area (Å²) in [7, 11) is 0. The number of carbonyl (C=O) groups is 6. The number of piperazine rings is 1. The number of halogens is 2. The molecule has 3 saturated heterocycles. The van der Waals surface area contributed by atoms with Gasteiger partial charge in [0, 0.05) is 74.6 Å². The van der Waals surface area contributed by atoms with Crippen LogP contribution in [0.1, 0.15) is 131 Å². The fourth-order valence-electron chi connectivity index (χ4n) is 11.4. The summed E-state index contributed by atoms with van der Waals surface area (Å²) in [5, 5.41) is 15.1. The van der Waals surface area contributed by atoms with E-state index in [0.29, 0.717) is 88.6 Å². The molecule has 1 unspecified atom stereocenters. The lowest BCUT2D eigenvalue weighted by molar-refractivity contribution is -0.131. The van der Waals surface area contributed by atoms with Crippen molar-refractivity contribution in [3.8, 4) is 0 Å². The van der Waals surface area contributed by atoms with Gasteiger partial charge in [-0.25, -0.2) is 18.7 Å². The van der Waals surface area contributed by atoms with Crippen LogP contribution in [0.2, 0.25) is 0 Å². The number of hydrogen-bond donors (Lipinski definition) is 5. The minimum absolute atomic E-state index is 0.0506. The van der Waals surface area contributed by atoms with Crippen molar-refractivity contribution in [2.45, 2.75) is 125 Å². The van der Waals surface area contributed by atoms with Crippen molar-refractivity contribution in [1.29, 1.82) is 0 Å². The normalized spacial score (nSPS) is 18.0. The number of carbonyl (C=O) groups excluding carboxylic acids is 6. The lowest BCUT2D eigenvalue weighted by Gasteiger charge is -2.48. The number of nitrogens with zero attached hydrogens (tertiary/aromatic N) is 6. The van der Waals surface area contributed by atoms with Crippen LogP contribution < -0.4 is 36.4 Å². The molecule has 4 aromatic rings. The molecule has 0 radical (unpaired) electrons. The first-order valence-corrected chi connectivity index (χ1v) is 26.5. The lowest BCUT2D eigenvalue weighted by atomic mass is 9.74. The van der Waals surface area contributed by atoms with Crippen molar-refractivity contribution in [3.63, 3.8) is 0 Å². The smallest absolute Gasteiger partial charge is 0.264 e. The van der Waals surface area contributed by atoms with Crippen molar-refractivity contribution >= 4 is 59.0 Å². The van der Waals surface area contributed by atoms with Gasteiger partial charge in [0.1, 0.15) is 35.6 Å². The van der Waals surface area contributed by atoms with Gasteiger partial charge in [0.25, 0.3) is 11.8 Å². The monoisotopic (exact) mass is 1050 g/mol. The average Bonchev–Trinajstić information content (AvgIpc) is 3.65. The Balaban J connectivity index is 0.808. The minimum Gasteiger partial charge on any atom is -0.384 e. The number of anilines is 4. The molecule has 5 heterocycles. The molecule has 17 nitrogen and oxygen atoms in total. The Kier molecular flexibility index (Phi) is 16.5. The summed E-state index contributed by atoms with van der Waals surface area (Å²) in [5.41, 5.74) is 1.54. The van der Waals surface area contributed by atoms with E-state index < -0.39 is 51.8 Å². The number of fused-ring (bicyclic) bond motifs is 1. The minimum atomic E-state index is -1.13. The zero-order valence-corrected chi connectivity index (χ0v) is 44.9. The number of rotatable bonds is 20. The molecule has 0 aliphatic carbocycles. The molecule has 406 valence electrons. The molecule has 4 aliphatic heterocycles. The third-order valence-corrected chi connectivity index (χ3v) is 15.5. The number of amides is 6. The Labute approximate surface area is 444 Å². The van der Waals surface area contributed by atoms with Gasteiger partial charge in [0.2, 0.25) is 24.1 Å². The van der Waals surface area contributed by atoms with Gasteiger partial charge in [0.05, 0.1) is 28.9 Å². The van der Waals surface area contributed by atoms with Crippen molar-refractivity contribution in [2.24, 2.45) is 16.2 Å². The van der Waals surface area contributed by atoms with Crippen LogP contribution in [0.5, 0.6) is 0 Å². The average molecular weight is 1050 g/mol. The maximum atomic E-state index is 15.8. The molecule has 5 N–H and O–H groups in total. The Morgan fingerprint density at radius 2 is 1.55 bits per heavy atom. The predicted octanol–water partition coefficient (Wildman–Crippen LogP) is 7.17. The summed E-state index contributed by atoms with van der Waals surface area (Å²) in [6.07, 6.45) is 6.13. The predicted molar refractivity (Wildman–Crippen MR) is 287 cm³/mol. The van der Waals surface area contributed by atoms with Crippen LogP contribution in [-0.4, -0.2) is 113 Å². The van der Waals surface area contributed by atoms with E-state index in [1.54, 1.807) is 23.1 Å². The maximum absolute atomic E-state index is 15.8. The second kappa shape index (κ2) is 22.7. The molecule has 19 heteroatoms. The summed E-state index contributed by atoms with van der Waals surface area (Å²) in [6, 6.07) is 16.2. The summed E-state index contributed by atoms with van der Waals surface area (Å²) in [4.78, 5) is 93.8. The number of imide groups is 2. The molecule has 0 bridgehead atoms. The third kappa shape index (κ3) is 12.8. The standard InChI is InChI=1S/C57H73F2N11O6/c1-8-11-44(50(73)65-36-71)70-51(74)40-14-10-15-43(49(40)52(70)75)62-33-55(4,5)32-56(6,7)53(76)61-29-38-13-9-12-37(24-38)28-60-46-27-47(64-35-63-46)68-22-18-57(19-23-68)34-69(31-48(72)66-57)45-26-41(58)39(25-42(45)59)30-67-20-16-54(2,3)17-21-67/h9-10,12-15,24-27,35-36,44,62H,8,11,16-23,28-34H2,1-7H3,(H,61,76)(H,66,72)(H,60,63,64)(H,65,71,73). The number of aromatic nitrogens is 2. The van der Waals surface area contributed by atoms with Gasteiger partial charge in [-0.1, -0.05) is 85.2 Å². The number of benzene rings is 3. The van der Waals surface area contributed by atoms with Gasteiger partial charge >= 0.3 is 0 Å². The lowest BCUT2D eigenvalue weighted by Crippen LogP contribution is -2.66. The molecule has 1 aromatic heterocycles. The van der Waals surface area contributed by atoms with E-state index >= 15 is 8.78 Å². The van der Waals surface area contributed by atoms with E-state index in [-0.39, 0.29) is 53.4 Å². The van der Waals surface area contributed by atoms with Crippen molar-refractivity contribution < 1.29 is 37.5 Å². The second-order valence-electron chi connectivity index (χ2n) is 23.3. The van der Waals surface area contributed by atoms with Gasteiger partial charge in [-0.15, -0.1) is 0 Å². The van der Waals surface area contributed by atoms with E-state index in [1.165, 1.54) is 18.5 Å². The molecule has 1 spiro atoms. The Bertz CT molecular complexity index is 2840. The van der Waals surface area contributed by atoms with Crippen LogP contribution >= 0.6 is 0 Å². The van der Waals surface area contributed by atoms with Crippen LogP contribution in [0.25, 0.3) is 0 Å². The third-order valence-electron chi connectivity index (χ3n) is 15.5. The number of nitrogens with one attached hydrogen (secondary N) is 5. The fraction of sp³-hybridized carbons (Fsp3) is 0.509. The van der Waals surface area contributed by atoms with E-state index in [1.807, 2.05) is 65.0 Å². The first-order valence-electron chi connectivity index (χ1n) is 26.5. The highest BCUT2D eigenvalue weighted by Gasteiger charge is 2.45. The second-order valence-corrected chi connectivity index (χ2v) is 23.3. The van der Waals surface area contributed by atoms with Crippen molar-refractivity contribution in [3.05, 3.63) is 106 Å². The molecule has 3 aromatic carbocycles. The molecular weight excluding hydrogens is 973 g/mol. The van der Waals surface area contributed by atoms with E-state index in [9.17, 15) is 28.8 Å². The van der Waals surface area contributed by atoms with Crippen LogP contribution in [0, 0.1) is 27.9 Å². The molecule has 4 aliphatic rings. The maximum Gasteiger partial charge on any atom is 0.264 e. The van der Waals surface area contributed by atoms with Gasteiger partial charge in [-0.3, -0.25) is 43.9 Å². The topological polar surface area (TPSA) is 201 Å². The fourth-order valence-corrected chi connectivity index (χ4v) is 11.4. The zero-order valence-electron chi connectivity index (χ0n) is 44.9.